The van der Waals surface area contributed by atoms with Crippen LogP contribution in [-0.4, -0.2) is 44.8 Å². The summed E-state index contributed by atoms with van der Waals surface area (Å²) in [5.41, 5.74) is 1.71. The van der Waals surface area contributed by atoms with Gasteiger partial charge in [0, 0.05) is 18.6 Å². The fourth-order valence-corrected chi connectivity index (χ4v) is 5.54. The zero-order valence-electron chi connectivity index (χ0n) is 20.4. The van der Waals surface area contributed by atoms with Crippen LogP contribution in [0.15, 0.2) is 71.6 Å². The summed E-state index contributed by atoms with van der Waals surface area (Å²) in [6.07, 6.45) is 0. The first kappa shape index (κ1) is 28.8. The number of carbonyl (C=O) groups excluding carboxylic acids is 2. The van der Waals surface area contributed by atoms with Crippen molar-refractivity contribution in [3.63, 3.8) is 0 Å². The maximum atomic E-state index is 13.7. The molecule has 3 aromatic carbocycles. The van der Waals surface area contributed by atoms with Gasteiger partial charge in [-0.25, -0.2) is 8.42 Å². The normalized spacial score (nSPS) is 12.1. The topological polar surface area (TPSA) is 86.8 Å². The van der Waals surface area contributed by atoms with Crippen molar-refractivity contribution in [2.24, 2.45) is 0 Å². The van der Waals surface area contributed by atoms with E-state index in [1.165, 1.54) is 42.3 Å². The van der Waals surface area contributed by atoms with Crippen LogP contribution in [0.5, 0.6) is 0 Å². The minimum absolute atomic E-state index is 0.00212. The van der Waals surface area contributed by atoms with Crippen LogP contribution in [0.4, 0.5) is 5.69 Å². The fourth-order valence-electron chi connectivity index (χ4n) is 3.63. The third-order valence-corrected chi connectivity index (χ3v) is 8.50. The second-order valence-corrected chi connectivity index (χ2v) is 11.5. The van der Waals surface area contributed by atoms with Gasteiger partial charge in [0.15, 0.2) is 0 Å². The number of hydrogen-bond donors (Lipinski definition) is 1. The Morgan fingerprint density at radius 1 is 0.946 bits per heavy atom. The molecule has 0 saturated carbocycles. The largest absolute Gasteiger partial charge is 0.357 e. The third-order valence-electron chi connectivity index (χ3n) is 5.73. The number of anilines is 1. The average molecular weight is 583 g/mol. The Morgan fingerprint density at radius 3 is 2.22 bits per heavy atom. The van der Waals surface area contributed by atoms with Crippen molar-refractivity contribution in [2.45, 2.75) is 31.3 Å². The Bertz CT molecular complexity index is 1400. The van der Waals surface area contributed by atoms with Crippen molar-refractivity contribution in [1.29, 1.82) is 0 Å². The van der Waals surface area contributed by atoms with Crippen LogP contribution in [0, 0.1) is 6.92 Å². The first-order chi connectivity index (χ1) is 17.4. The highest BCUT2D eigenvalue weighted by Crippen LogP contribution is 2.31. The van der Waals surface area contributed by atoms with Crippen molar-refractivity contribution >= 4 is 62.3 Å². The lowest BCUT2D eigenvalue weighted by atomic mass is 10.1. The second kappa shape index (κ2) is 12.2. The van der Waals surface area contributed by atoms with Crippen LogP contribution in [0.1, 0.15) is 18.1 Å². The Hall–Kier alpha value is -2.78. The lowest BCUT2D eigenvalue weighted by Crippen LogP contribution is -2.50. The summed E-state index contributed by atoms with van der Waals surface area (Å²) in [7, 11) is -2.73. The van der Waals surface area contributed by atoms with E-state index in [0.717, 1.165) is 9.87 Å². The quantitative estimate of drug-likeness (QED) is 0.370. The Kier molecular flexibility index (Phi) is 9.47. The first-order valence-electron chi connectivity index (χ1n) is 11.2. The highest BCUT2D eigenvalue weighted by molar-refractivity contribution is 7.92. The van der Waals surface area contributed by atoms with E-state index in [0.29, 0.717) is 10.6 Å². The molecule has 0 saturated heterocycles. The lowest BCUT2D eigenvalue weighted by molar-refractivity contribution is -0.139. The molecule has 0 heterocycles. The first-order valence-corrected chi connectivity index (χ1v) is 13.8. The molecular weight excluding hydrogens is 557 g/mol. The third kappa shape index (κ3) is 6.96. The number of rotatable bonds is 9. The SMILES string of the molecule is CNC(=O)C(C)N(Cc1cccc(Cl)c1)C(=O)CN(c1ccc(Cl)c(Cl)c1)S(=O)(=O)c1ccc(C)cc1. The van der Waals surface area contributed by atoms with E-state index in [-0.39, 0.29) is 27.2 Å². The van der Waals surface area contributed by atoms with Crippen LogP contribution in [0.25, 0.3) is 0 Å². The van der Waals surface area contributed by atoms with Gasteiger partial charge in [0.2, 0.25) is 11.8 Å². The van der Waals surface area contributed by atoms with Gasteiger partial charge >= 0.3 is 0 Å². The standard InChI is InChI=1S/C26H26Cl3N3O4S/c1-17-7-10-22(11-8-17)37(35,36)32(21-9-12-23(28)24(29)14-21)16-25(33)31(18(2)26(34)30-3)15-19-5-4-6-20(27)13-19/h4-14,18H,15-16H2,1-3H3,(H,30,34). The maximum absolute atomic E-state index is 13.7. The monoisotopic (exact) mass is 581 g/mol. The zero-order valence-corrected chi connectivity index (χ0v) is 23.5. The molecule has 0 radical (unpaired) electrons. The van der Waals surface area contributed by atoms with Gasteiger partial charge in [-0.2, -0.15) is 0 Å². The molecule has 2 amide bonds. The van der Waals surface area contributed by atoms with E-state index in [1.807, 2.05) is 6.92 Å². The maximum Gasteiger partial charge on any atom is 0.264 e. The van der Waals surface area contributed by atoms with Crippen LogP contribution >= 0.6 is 34.8 Å². The van der Waals surface area contributed by atoms with Gasteiger partial charge in [-0.15, -0.1) is 0 Å². The van der Waals surface area contributed by atoms with Crippen LogP contribution in [0.3, 0.4) is 0 Å². The summed E-state index contributed by atoms with van der Waals surface area (Å²) in [6, 6.07) is 16.6. The highest BCUT2D eigenvalue weighted by Gasteiger charge is 2.32. The number of benzene rings is 3. The van der Waals surface area contributed by atoms with Crippen LogP contribution < -0.4 is 9.62 Å². The number of amides is 2. The predicted molar refractivity (Wildman–Crippen MR) is 148 cm³/mol. The summed E-state index contributed by atoms with van der Waals surface area (Å²) < 4.78 is 28.4. The molecule has 37 heavy (non-hydrogen) atoms. The number of nitrogens with zero attached hydrogens (tertiary/aromatic N) is 2. The number of likely N-dealkylation sites (N-methyl/N-ethyl adjacent to an activating group) is 1. The van der Waals surface area contributed by atoms with Gasteiger partial charge in [0.05, 0.1) is 20.6 Å². The Morgan fingerprint density at radius 2 is 1.62 bits per heavy atom. The molecule has 0 aromatic heterocycles. The number of halogens is 3. The van der Waals surface area contributed by atoms with Gasteiger partial charge in [0.1, 0.15) is 12.6 Å². The van der Waals surface area contributed by atoms with E-state index in [1.54, 1.807) is 43.3 Å². The molecular formula is C26H26Cl3N3O4S. The molecule has 0 aliphatic heterocycles. The van der Waals surface area contributed by atoms with Crippen molar-refractivity contribution in [3.05, 3.63) is 92.9 Å². The number of nitrogens with one attached hydrogen (secondary N) is 1. The molecule has 0 spiro atoms. The molecule has 11 heteroatoms. The van der Waals surface area contributed by atoms with Crippen LogP contribution in [0.2, 0.25) is 15.1 Å². The molecule has 196 valence electrons. The number of hydrogen-bond acceptors (Lipinski definition) is 4. The molecule has 1 atom stereocenters. The summed E-state index contributed by atoms with van der Waals surface area (Å²) >= 11 is 18.4. The lowest BCUT2D eigenvalue weighted by Gasteiger charge is -2.32. The molecule has 3 aromatic rings. The van der Waals surface area contributed by atoms with Crippen molar-refractivity contribution in [3.8, 4) is 0 Å². The zero-order chi connectivity index (χ0) is 27.3. The molecule has 1 unspecified atom stereocenters. The van der Waals surface area contributed by atoms with E-state index in [4.69, 9.17) is 34.8 Å². The number of aryl methyl sites for hydroxylation is 1. The van der Waals surface area contributed by atoms with Crippen molar-refractivity contribution in [1.82, 2.24) is 10.2 Å². The average Bonchev–Trinajstić information content (AvgIpc) is 2.86. The van der Waals surface area contributed by atoms with E-state index >= 15 is 0 Å². The van der Waals surface area contributed by atoms with Gasteiger partial charge in [-0.1, -0.05) is 64.6 Å². The van der Waals surface area contributed by atoms with E-state index in [9.17, 15) is 18.0 Å². The molecule has 1 N–H and O–H groups in total. The minimum Gasteiger partial charge on any atom is -0.357 e. The molecule has 3 rings (SSSR count). The molecule has 0 bridgehead atoms. The van der Waals surface area contributed by atoms with Gasteiger partial charge in [0.25, 0.3) is 10.0 Å². The van der Waals surface area contributed by atoms with Gasteiger partial charge in [-0.05, 0) is 61.9 Å². The summed E-state index contributed by atoms with van der Waals surface area (Å²) in [4.78, 5) is 27.5. The number of carbonyl (C=O) groups is 2. The fraction of sp³-hybridized carbons (Fsp3) is 0.231. The van der Waals surface area contributed by atoms with Gasteiger partial charge < -0.3 is 10.2 Å². The summed E-state index contributed by atoms with van der Waals surface area (Å²) in [6.45, 7) is 2.85. The summed E-state index contributed by atoms with van der Waals surface area (Å²) in [5, 5.41) is 3.37. The van der Waals surface area contributed by atoms with Crippen molar-refractivity contribution < 1.29 is 18.0 Å². The predicted octanol–water partition coefficient (Wildman–Crippen LogP) is 5.31. The minimum atomic E-state index is -4.20. The second-order valence-electron chi connectivity index (χ2n) is 8.36. The molecule has 0 aliphatic rings. The van der Waals surface area contributed by atoms with E-state index in [2.05, 4.69) is 5.32 Å². The number of sulfonamides is 1. The Balaban J connectivity index is 2.06. The molecule has 0 fully saturated rings. The van der Waals surface area contributed by atoms with E-state index < -0.39 is 34.4 Å². The summed E-state index contributed by atoms with van der Waals surface area (Å²) in [5.74, 6) is -1.00. The Labute approximate surface area is 232 Å². The smallest absolute Gasteiger partial charge is 0.264 e. The van der Waals surface area contributed by atoms with Gasteiger partial charge in [-0.3, -0.25) is 13.9 Å². The van der Waals surface area contributed by atoms with Crippen LogP contribution in [-0.2, 0) is 26.2 Å². The molecule has 0 aliphatic carbocycles. The highest BCUT2D eigenvalue weighted by atomic mass is 35.5. The van der Waals surface area contributed by atoms with Crippen molar-refractivity contribution in [2.75, 3.05) is 17.9 Å². The molecule has 7 nitrogen and oxygen atoms in total.